The zero-order chi connectivity index (χ0) is 11.5. The number of nitrogens with zero attached hydrogens (tertiary/aromatic N) is 2. The van der Waals surface area contributed by atoms with Crippen LogP contribution in [0.5, 0.6) is 0 Å². The van der Waals surface area contributed by atoms with Gasteiger partial charge in [-0.05, 0) is 43.0 Å². The van der Waals surface area contributed by atoms with Gasteiger partial charge in [0.1, 0.15) is 5.01 Å². The smallest absolute Gasteiger partial charge is 0.226 e. The van der Waals surface area contributed by atoms with Crippen LogP contribution in [-0.2, 0) is 0 Å². The predicted molar refractivity (Wildman–Crippen MR) is 66.3 cm³/mol. The summed E-state index contributed by atoms with van der Waals surface area (Å²) in [5.74, 6) is 0. The van der Waals surface area contributed by atoms with Gasteiger partial charge in [-0.3, -0.25) is 4.79 Å². The molecule has 0 unspecified atom stereocenters. The molecule has 3 nitrogen and oxygen atoms in total. The molecule has 0 aliphatic carbocycles. The molecule has 0 amide bonds. The van der Waals surface area contributed by atoms with Gasteiger partial charge in [0.25, 0.3) is 0 Å². The van der Waals surface area contributed by atoms with Crippen molar-refractivity contribution < 1.29 is 4.79 Å². The first-order valence-corrected chi connectivity index (χ1v) is 6.44. The summed E-state index contributed by atoms with van der Waals surface area (Å²) in [6.07, 6.45) is 0. The number of thioether (sulfide) groups is 1. The van der Waals surface area contributed by atoms with E-state index in [2.05, 4.69) is 10.2 Å². The minimum atomic E-state index is -0.0483. The number of carbonyl (C=O) groups excluding carboxylic acids is 1. The summed E-state index contributed by atoms with van der Waals surface area (Å²) in [7, 11) is 0. The first kappa shape index (κ1) is 11.6. The number of rotatable bonds is 2. The van der Waals surface area contributed by atoms with E-state index in [1.165, 1.54) is 11.3 Å². The number of carbonyl (C=O) groups is 1. The molecule has 0 atom stereocenters. The summed E-state index contributed by atoms with van der Waals surface area (Å²) in [6, 6.07) is 6.79. The predicted octanol–water partition coefficient (Wildman–Crippen LogP) is 3.43. The largest absolute Gasteiger partial charge is 0.281 e. The molecule has 6 heteroatoms. The van der Waals surface area contributed by atoms with Gasteiger partial charge in [0, 0.05) is 10.6 Å². The maximum Gasteiger partial charge on any atom is 0.226 e. The van der Waals surface area contributed by atoms with E-state index in [9.17, 15) is 4.79 Å². The van der Waals surface area contributed by atoms with Gasteiger partial charge in [-0.25, -0.2) is 0 Å². The van der Waals surface area contributed by atoms with E-state index in [-0.39, 0.29) is 5.12 Å². The Kier molecular flexibility index (Phi) is 3.58. The number of aromatic nitrogens is 2. The highest BCUT2D eigenvalue weighted by molar-refractivity contribution is 8.15. The highest BCUT2D eigenvalue weighted by Crippen LogP contribution is 2.26. The highest BCUT2D eigenvalue weighted by atomic mass is 35.5. The standard InChI is InChI=1S/C10H7ClN2OS2/c1-6-12-13-10(15-6)16-9(14)7-2-4-8(11)5-3-7/h2-5H,1H3. The molecule has 0 saturated heterocycles. The molecule has 0 bridgehead atoms. The Morgan fingerprint density at radius 2 is 2.00 bits per heavy atom. The highest BCUT2D eigenvalue weighted by Gasteiger charge is 2.11. The van der Waals surface area contributed by atoms with Gasteiger partial charge in [-0.1, -0.05) is 22.9 Å². The van der Waals surface area contributed by atoms with E-state index in [4.69, 9.17) is 11.6 Å². The Morgan fingerprint density at radius 1 is 1.31 bits per heavy atom. The van der Waals surface area contributed by atoms with Crippen molar-refractivity contribution in [3.05, 3.63) is 39.9 Å². The molecule has 2 rings (SSSR count). The van der Waals surface area contributed by atoms with Crippen molar-refractivity contribution in [1.82, 2.24) is 10.2 Å². The molecular weight excluding hydrogens is 264 g/mol. The van der Waals surface area contributed by atoms with Crippen molar-refractivity contribution in [1.29, 1.82) is 0 Å². The zero-order valence-electron chi connectivity index (χ0n) is 8.31. The molecule has 1 aromatic carbocycles. The average Bonchev–Trinajstić information content (AvgIpc) is 2.65. The lowest BCUT2D eigenvalue weighted by Gasteiger charge is -1.97. The van der Waals surface area contributed by atoms with Crippen molar-refractivity contribution >= 4 is 39.8 Å². The van der Waals surface area contributed by atoms with Crippen molar-refractivity contribution in [3.8, 4) is 0 Å². The maximum absolute atomic E-state index is 11.8. The quantitative estimate of drug-likeness (QED) is 0.784. The lowest BCUT2D eigenvalue weighted by Crippen LogP contribution is -1.92. The van der Waals surface area contributed by atoms with Gasteiger partial charge < -0.3 is 0 Å². The van der Waals surface area contributed by atoms with Crippen LogP contribution in [0.4, 0.5) is 0 Å². The van der Waals surface area contributed by atoms with E-state index < -0.39 is 0 Å². The zero-order valence-corrected chi connectivity index (χ0v) is 10.7. The van der Waals surface area contributed by atoms with Crippen molar-refractivity contribution in [2.45, 2.75) is 11.3 Å². The molecule has 0 aliphatic heterocycles. The fourth-order valence-corrected chi connectivity index (χ4v) is 2.84. The summed E-state index contributed by atoms with van der Waals surface area (Å²) in [4.78, 5) is 11.8. The number of aryl methyl sites for hydroxylation is 1. The molecule has 0 fully saturated rings. The van der Waals surface area contributed by atoms with Gasteiger partial charge in [-0.2, -0.15) is 0 Å². The fourth-order valence-electron chi connectivity index (χ4n) is 1.04. The molecule has 16 heavy (non-hydrogen) atoms. The molecule has 82 valence electrons. The van der Waals surface area contributed by atoms with Gasteiger partial charge in [-0.15, -0.1) is 10.2 Å². The molecule has 1 aromatic heterocycles. The summed E-state index contributed by atoms with van der Waals surface area (Å²) in [5.41, 5.74) is 0.613. The molecule has 2 aromatic rings. The molecule has 0 N–H and O–H groups in total. The van der Waals surface area contributed by atoms with E-state index in [0.29, 0.717) is 14.9 Å². The van der Waals surface area contributed by atoms with Crippen LogP contribution >= 0.6 is 34.7 Å². The normalized spacial score (nSPS) is 10.4. The molecule has 0 saturated carbocycles. The second kappa shape index (κ2) is 4.95. The number of benzene rings is 1. The Hall–Kier alpha value is -0.910. The van der Waals surface area contributed by atoms with E-state index in [1.54, 1.807) is 24.3 Å². The van der Waals surface area contributed by atoms with Crippen LogP contribution in [0.2, 0.25) is 5.02 Å². The first-order valence-electron chi connectivity index (χ1n) is 4.43. The van der Waals surface area contributed by atoms with Gasteiger partial charge >= 0.3 is 0 Å². The number of hydrogen-bond donors (Lipinski definition) is 0. The van der Waals surface area contributed by atoms with Gasteiger partial charge in [0.2, 0.25) is 5.12 Å². The molecule has 0 spiro atoms. The van der Waals surface area contributed by atoms with Crippen LogP contribution in [-0.4, -0.2) is 15.3 Å². The fraction of sp³-hybridized carbons (Fsp3) is 0.100. The number of halogens is 1. The van der Waals surface area contributed by atoms with Crippen molar-refractivity contribution in [2.24, 2.45) is 0 Å². The van der Waals surface area contributed by atoms with Crippen molar-refractivity contribution in [3.63, 3.8) is 0 Å². The third-order valence-corrected chi connectivity index (χ3v) is 3.83. The Morgan fingerprint density at radius 3 is 2.56 bits per heavy atom. The van der Waals surface area contributed by atoms with E-state index in [0.717, 1.165) is 16.8 Å². The lowest BCUT2D eigenvalue weighted by molar-refractivity contribution is 0.108. The lowest BCUT2D eigenvalue weighted by atomic mass is 10.2. The summed E-state index contributed by atoms with van der Waals surface area (Å²) in [5, 5.41) is 9.16. The summed E-state index contributed by atoms with van der Waals surface area (Å²) >= 11 is 8.24. The molecule has 1 heterocycles. The van der Waals surface area contributed by atoms with Crippen LogP contribution in [0, 0.1) is 6.92 Å². The average molecular weight is 271 g/mol. The first-order chi connectivity index (χ1) is 7.65. The van der Waals surface area contributed by atoms with E-state index >= 15 is 0 Å². The Bertz CT molecular complexity index is 510. The second-order valence-electron chi connectivity index (χ2n) is 2.98. The Balaban J connectivity index is 2.11. The Labute approximate surface area is 106 Å². The molecule has 0 radical (unpaired) electrons. The van der Waals surface area contributed by atoms with Gasteiger partial charge in [0.05, 0.1) is 0 Å². The van der Waals surface area contributed by atoms with Crippen LogP contribution in [0.1, 0.15) is 15.4 Å². The topological polar surface area (TPSA) is 42.9 Å². The minimum Gasteiger partial charge on any atom is -0.281 e. The monoisotopic (exact) mass is 270 g/mol. The third kappa shape index (κ3) is 2.81. The van der Waals surface area contributed by atoms with Gasteiger partial charge in [0.15, 0.2) is 4.34 Å². The SMILES string of the molecule is Cc1nnc(SC(=O)c2ccc(Cl)cc2)s1. The van der Waals surface area contributed by atoms with Crippen LogP contribution < -0.4 is 0 Å². The van der Waals surface area contributed by atoms with Crippen LogP contribution in [0.25, 0.3) is 0 Å². The minimum absolute atomic E-state index is 0.0483. The number of hydrogen-bond acceptors (Lipinski definition) is 5. The summed E-state index contributed by atoms with van der Waals surface area (Å²) < 4.78 is 0.664. The third-order valence-electron chi connectivity index (χ3n) is 1.77. The molecule has 0 aliphatic rings. The maximum atomic E-state index is 11.8. The van der Waals surface area contributed by atoms with Crippen LogP contribution in [0.3, 0.4) is 0 Å². The van der Waals surface area contributed by atoms with Crippen molar-refractivity contribution in [2.75, 3.05) is 0 Å². The van der Waals surface area contributed by atoms with Crippen LogP contribution in [0.15, 0.2) is 28.6 Å². The van der Waals surface area contributed by atoms with E-state index in [1.807, 2.05) is 6.92 Å². The molecular formula is C10H7ClN2OS2. The second-order valence-corrected chi connectivity index (χ2v) is 5.82. The summed E-state index contributed by atoms with van der Waals surface area (Å²) in [6.45, 7) is 1.86.